The lowest BCUT2D eigenvalue weighted by molar-refractivity contribution is 0.0697. The molecule has 0 saturated heterocycles. The number of nitrogens with one attached hydrogen (secondary N) is 1. The minimum Gasteiger partial charge on any atom is -0.478 e. The zero-order valence-electron chi connectivity index (χ0n) is 15.0. The minimum atomic E-state index is -0.947. The van der Waals surface area contributed by atoms with Crippen LogP contribution in [0.15, 0.2) is 54.7 Å². The standard InChI is InChI=1S/C21H20Cl2N2O2/c1-3-25-12-15(21(26)27)10-19(25)20(14-5-8-16(22)9-6-14)24-18-11-17(23)7-4-13(18)2/h4-12,20,24H,3H2,1-2H3,(H,26,27). The minimum absolute atomic E-state index is 0.257. The molecule has 2 N–H and O–H groups in total. The Morgan fingerprint density at radius 3 is 2.41 bits per heavy atom. The number of rotatable bonds is 6. The number of carbonyl (C=O) groups is 1. The van der Waals surface area contributed by atoms with Gasteiger partial charge in [0.05, 0.1) is 11.6 Å². The maximum atomic E-state index is 11.5. The molecule has 3 rings (SSSR count). The topological polar surface area (TPSA) is 54.3 Å². The molecule has 1 heterocycles. The van der Waals surface area contributed by atoms with Gasteiger partial charge in [-0.25, -0.2) is 4.79 Å². The fraction of sp³-hybridized carbons (Fsp3) is 0.190. The van der Waals surface area contributed by atoms with Crippen molar-refractivity contribution in [2.45, 2.75) is 26.4 Å². The van der Waals surface area contributed by atoms with Crippen LogP contribution in [0.5, 0.6) is 0 Å². The quantitative estimate of drug-likeness (QED) is 0.529. The summed E-state index contributed by atoms with van der Waals surface area (Å²) in [4.78, 5) is 11.5. The Morgan fingerprint density at radius 1 is 1.11 bits per heavy atom. The second kappa shape index (κ2) is 8.07. The molecule has 0 amide bonds. The van der Waals surface area contributed by atoms with Crippen LogP contribution in [-0.4, -0.2) is 15.6 Å². The largest absolute Gasteiger partial charge is 0.478 e. The van der Waals surface area contributed by atoms with Crippen LogP contribution in [0, 0.1) is 6.92 Å². The van der Waals surface area contributed by atoms with Crippen molar-refractivity contribution in [3.05, 3.63) is 87.2 Å². The molecule has 0 spiro atoms. The first kappa shape index (κ1) is 19.3. The van der Waals surface area contributed by atoms with Crippen molar-refractivity contribution in [3.8, 4) is 0 Å². The van der Waals surface area contributed by atoms with Crippen molar-refractivity contribution in [3.63, 3.8) is 0 Å². The predicted octanol–water partition coefficient (Wildman–Crippen LogP) is 6.02. The molecule has 4 nitrogen and oxygen atoms in total. The van der Waals surface area contributed by atoms with Crippen LogP contribution >= 0.6 is 23.2 Å². The van der Waals surface area contributed by atoms with Gasteiger partial charge in [-0.05, 0) is 55.3 Å². The molecule has 6 heteroatoms. The third kappa shape index (κ3) is 4.29. The van der Waals surface area contributed by atoms with E-state index in [0.29, 0.717) is 16.6 Å². The smallest absolute Gasteiger partial charge is 0.337 e. The summed E-state index contributed by atoms with van der Waals surface area (Å²) < 4.78 is 1.94. The SMILES string of the molecule is CCn1cc(C(=O)O)cc1C(Nc1cc(Cl)ccc1C)c1ccc(Cl)cc1. The van der Waals surface area contributed by atoms with Gasteiger partial charge < -0.3 is 15.0 Å². The summed E-state index contributed by atoms with van der Waals surface area (Å²) in [6, 6.07) is 14.6. The highest BCUT2D eigenvalue weighted by Crippen LogP contribution is 2.31. The predicted molar refractivity (Wildman–Crippen MR) is 110 cm³/mol. The lowest BCUT2D eigenvalue weighted by Crippen LogP contribution is -2.17. The maximum Gasteiger partial charge on any atom is 0.337 e. The molecule has 2 aromatic carbocycles. The monoisotopic (exact) mass is 402 g/mol. The van der Waals surface area contributed by atoms with Gasteiger partial charge in [0.15, 0.2) is 0 Å². The van der Waals surface area contributed by atoms with Gasteiger partial charge in [0.25, 0.3) is 0 Å². The fourth-order valence-electron chi connectivity index (χ4n) is 3.05. The van der Waals surface area contributed by atoms with Crippen molar-refractivity contribution in [2.24, 2.45) is 0 Å². The Morgan fingerprint density at radius 2 is 1.78 bits per heavy atom. The van der Waals surface area contributed by atoms with Crippen molar-refractivity contribution in [1.29, 1.82) is 0 Å². The van der Waals surface area contributed by atoms with Crippen LogP contribution in [0.1, 0.15) is 40.1 Å². The Labute approximate surface area is 168 Å². The summed E-state index contributed by atoms with van der Waals surface area (Å²) in [6.07, 6.45) is 1.66. The highest BCUT2D eigenvalue weighted by Gasteiger charge is 2.21. The molecule has 0 radical (unpaired) electrons. The van der Waals surface area contributed by atoms with Crippen molar-refractivity contribution >= 4 is 34.9 Å². The first-order chi connectivity index (χ1) is 12.9. The van der Waals surface area contributed by atoms with Crippen LogP contribution in [0.25, 0.3) is 0 Å². The average molecular weight is 403 g/mol. The summed E-state index contributed by atoms with van der Waals surface area (Å²) in [6.45, 7) is 4.64. The van der Waals surface area contributed by atoms with Gasteiger partial charge in [-0.3, -0.25) is 0 Å². The Hall–Kier alpha value is -2.43. The van der Waals surface area contributed by atoms with Gasteiger partial charge in [0.2, 0.25) is 0 Å². The highest BCUT2D eigenvalue weighted by molar-refractivity contribution is 6.31. The molecule has 1 unspecified atom stereocenters. The Kier molecular flexibility index (Phi) is 5.78. The number of halogens is 2. The van der Waals surface area contributed by atoms with E-state index in [-0.39, 0.29) is 11.6 Å². The van der Waals surface area contributed by atoms with Crippen molar-refractivity contribution in [1.82, 2.24) is 4.57 Å². The molecule has 0 aliphatic heterocycles. The van der Waals surface area contributed by atoms with Gasteiger partial charge >= 0.3 is 5.97 Å². The second-order valence-electron chi connectivity index (χ2n) is 6.33. The number of carboxylic acids is 1. The molecule has 0 aliphatic rings. The third-order valence-corrected chi connectivity index (χ3v) is 5.00. The van der Waals surface area contributed by atoms with Crippen molar-refractivity contribution < 1.29 is 9.90 Å². The number of nitrogens with zero attached hydrogens (tertiary/aromatic N) is 1. The summed E-state index contributed by atoms with van der Waals surface area (Å²) in [5, 5.41) is 14.2. The summed E-state index contributed by atoms with van der Waals surface area (Å²) in [7, 11) is 0. The first-order valence-corrected chi connectivity index (χ1v) is 9.36. The van der Waals surface area contributed by atoms with E-state index >= 15 is 0 Å². The molecule has 3 aromatic rings. The number of aromatic carboxylic acids is 1. The van der Waals surface area contributed by atoms with E-state index in [1.807, 2.05) is 60.9 Å². The Balaban J connectivity index is 2.12. The molecule has 1 atom stereocenters. The first-order valence-electron chi connectivity index (χ1n) is 8.60. The zero-order chi connectivity index (χ0) is 19.6. The average Bonchev–Trinajstić information content (AvgIpc) is 3.08. The van der Waals surface area contributed by atoms with E-state index in [1.165, 1.54) is 0 Å². The fourth-order valence-corrected chi connectivity index (χ4v) is 3.35. The summed E-state index contributed by atoms with van der Waals surface area (Å²) in [5.74, 6) is -0.947. The zero-order valence-corrected chi connectivity index (χ0v) is 16.6. The third-order valence-electron chi connectivity index (χ3n) is 4.52. The van der Waals surface area contributed by atoms with Crippen LogP contribution in [0.4, 0.5) is 5.69 Å². The van der Waals surface area contributed by atoms with Crippen molar-refractivity contribution in [2.75, 3.05) is 5.32 Å². The van der Waals surface area contributed by atoms with E-state index < -0.39 is 5.97 Å². The number of carboxylic acid groups (broad SMARTS) is 1. The normalized spacial score (nSPS) is 12.0. The molecule has 1 aromatic heterocycles. The lowest BCUT2D eigenvalue weighted by atomic mass is 10.0. The molecule has 27 heavy (non-hydrogen) atoms. The van der Waals surface area contributed by atoms with Crippen LogP contribution in [0.3, 0.4) is 0 Å². The Bertz CT molecular complexity index is 965. The molecular formula is C21H20Cl2N2O2. The molecular weight excluding hydrogens is 383 g/mol. The lowest BCUT2D eigenvalue weighted by Gasteiger charge is -2.23. The van der Waals surface area contributed by atoms with Gasteiger partial charge in [-0.15, -0.1) is 0 Å². The highest BCUT2D eigenvalue weighted by atomic mass is 35.5. The molecule has 0 bridgehead atoms. The van der Waals surface area contributed by atoms with Gasteiger partial charge in [-0.1, -0.05) is 41.4 Å². The number of aryl methyl sites for hydroxylation is 2. The van der Waals surface area contributed by atoms with Gasteiger partial charge in [-0.2, -0.15) is 0 Å². The molecule has 0 saturated carbocycles. The second-order valence-corrected chi connectivity index (χ2v) is 7.21. The molecule has 0 aliphatic carbocycles. The number of hydrogen-bond donors (Lipinski definition) is 2. The van der Waals surface area contributed by atoms with Crippen LogP contribution in [0.2, 0.25) is 10.0 Å². The van der Waals surface area contributed by atoms with Gasteiger partial charge in [0, 0.05) is 34.2 Å². The molecule has 140 valence electrons. The summed E-state index contributed by atoms with van der Waals surface area (Å²) >= 11 is 12.2. The van der Waals surface area contributed by atoms with E-state index in [2.05, 4.69) is 5.32 Å². The number of hydrogen-bond acceptors (Lipinski definition) is 2. The van der Waals surface area contributed by atoms with E-state index in [1.54, 1.807) is 12.3 Å². The van der Waals surface area contributed by atoms with Crippen LogP contribution in [-0.2, 0) is 6.54 Å². The number of aromatic nitrogens is 1. The van der Waals surface area contributed by atoms with E-state index in [9.17, 15) is 9.90 Å². The summed E-state index contributed by atoms with van der Waals surface area (Å²) in [5.41, 5.74) is 4.03. The number of anilines is 1. The number of benzene rings is 2. The van der Waals surface area contributed by atoms with E-state index in [4.69, 9.17) is 23.2 Å². The molecule has 0 fully saturated rings. The van der Waals surface area contributed by atoms with Crippen LogP contribution < -0.4 is 5.32 Å². The maximum absolute atomic E-state index is 11.5. The van der Waals surface area contributed by atoms with E-state index in [0.717, 1.165) is 22.5 Å². The van der Waals surface area contributed by atoms with Gasteiger partial charge in [0.1, 0.15) is 0 Å².